The summed E-state index contributed by atoms with van der Waals surface area (Å²) in [5.74, 6) is -0.550. The molecule has 2 rings (SSSR count). The van der Waals surface area contributed by atoms with Gasteiger partial charge in [-0.25, -0.2) is 10.2 Å². The van der Waals surface area contributed by atoms with E-state index < -0.39 is 13.2 Å². The molecule has 1 heterocycles. The van der Waals surface area contributed by atoms with E-state index in [0.717, 1.165) is 11.7 Å². The molecule has 0 radical (unpaired) electrons. The smallest absolute Gasteiger partial charge is 0.257 e. The molecule has 0 spiro atoms. The second-order valence-corrected chi connectivity index (χ2v) is 7.34. The highest BCUT2D eigenvalue weighted by atomic mass is 31.2. The maximum absolute atomic E-state index is 13.3. The normalized spacial score (nSPS) is 23.8. The molecule has 1 aliphatic heterocycles. The van der Waals surface area contributed by atoms with Crippen LogP contribution in [0.3, 0.4) is 0 Å². The van der Waals surface area contributed by atoms with Crippen molar-refractivity contribution in [1.82, 2.24) is 10.2 Å². The molecule has 0 aromatic heterocycles. The van der Waals surface area contributed by atoms with Crippen molar-refractivity contribution in [2.75, 3.05) is 19.3 Å². The van der Waals surface area contributed by atoms with Crippen LogP contribution in [0.15, 0.2) is 42.5 Å². The van der Waals surface area contributed by atoms with Crippen molar-refractivity contribution < 1.29 is 14.6 Å². The summed E-state index contributed by atoms with van der Waals surface area (Å²) in [7, 11) is -2.79. The fraction of sp³-hybridized carbons (Fsp3) is 0.308. The van der Waals surface area contributed by atoms with Crippen molar-refractivity contribution in [3.05, 3.63) is 42.5 Å². The van der Waals surface area contributed by atoms with Gasteiger partial charge in [0.25, 0.3) is 5.91 Å². The summed E-state index contributed by atoms with van der Waals surface area (Å²) in [5, 5.41) is 9.40. The molecule has 0 saturated carbocycles. The second kappa shape index (κ2) is 6.15. The lowest BCUT2D eigenvalue weighted by atomic mass is 10.4. The van der Waals surface area contributed by atoms with Gasteiger partial charge in [-0.2, -0.15) is 0 Å². The number of hydroxylamine groups is 1. The van der Waals surface area contributed by atoms with Crippen molar-refractivity contribution in [3.63, 3.8) is 0 Å². The molecule has 1 atom stereocenters. The molecule has 1 unspecified atom stereocenters. The van der Waals surface area contributed by atoms with E-state index in [-0.39, 0.29) is 6.54 Å². The van der Waals surface area contributed by atoms with Crippen LogP contribution in [0.1, 0.15) is 6.42 Å². The molecule has 1 aromatic rings. The van der Waals surface area contributed by atoms with Gasteiger partial charge in [-0.15, -0.1) is 0 Å². The first kappa shape index (κ1) is 14.0. The van der Waals surface area contributed by atoms with Gasteiger partial charge in [-0.3, -0.25) is 10.0 Å². The maximum atomic E-state index is 13.3. The number of nitrogens with zero attached hydrogens (tertiary/aromatic N) is 1. The molecule has 102 valence electrons. The Hall–Kier alpha value is -1.42. The van der Waals surface area contributed by atoms with Crippen molar-refractivity contribution in [2.24, 2.45) is 0 Å². The fourth-order valence-electron chi connectivity index (χ4n) is 2.17. The standard InChI is InChI=1S/C13H17N2O3P/c16-13(14-17)11-15-9-5-2-6-10-19(15,18)12-7-3-1-4-8-12/h1-5,7-8,17H,6,9-11H2,(H,14,16). The Morgan fingerprint density at radius 2 is 2.05 bits per heavy atom. The third-order valence-electron chi connectivity index (χ3n) is 3.15. The van der Waals surface area contributed by atoms with Crippen LogP contribution in [-0.4, -0.2) is 35.0 Å². The molecule has 5 nitrogen and oxygen atoms in total. The highest BCUT2D eigenvalue weighted by Crippen LogP contribution is 2.49. The van der Waals surface area contributed by atoms with Crippen molar-refractivity contribution in [1.29, 1.82) is 0 Å². The molecule has 1 amide bonds. The van der Waals surface area contributed by atoms with E-state index in [1.807, 2.05) is 42.5 Å². The second-order valence-electron chi connectivity index (χ2n) is 4.40. The minimum absolute atomic E-state index is 0.0764. The van der Waals surface area contributed by atoms with Gasteiger partial charge in [-0.1, -0.05) is 42.5 Å². The molecule has 0 aliphatic carbocycles. The SMILES string of the molecule is O=C(CN1CC=CCCP1(=O)c1ccccc1)NO. The molecular weight excluding hydrogens is 263 g/mol. The summed E-state index contributed by atoms with van der Waals surface area (Å²) in [6.07, 6.45) is 5.12. The van der Waals surface area contributed by atoms with Crippen LogP contribution in [0.4, 0.5) is 0 Å². The van der Waals surface area contributed by atoms with E-state index in [1.54, 1.807) is 10.2 Å². The average molecular weight is 280 g/mol. The number of hydrogen-bond donors (Lipinski definition) is 2. The summed E-state index contributed by atoms with van der Waals surface area (Å²) in [5.41, 5.74) is 1.60. The van der Waals surface area contributed by atoms with Crippen LogP contribution in [0.2, 0.25) is 0 Å². The van der Waals surface area contributed by atoms with E-state index in [1.165, 1.54) is 0 Å². The lowest BCUT2D eigenvalue weighted by molar-refractivity contribution is -0.129. The van der Waals surface area contributed by atoms with Crippen molar-refractivity contribution in [2.45, 2.75) is 6.42 Å². The molecular formula is C13H17N2O3P. The molecule has 0 fully saturated rings. The highest BCUT2D eigenvalue weighted by Gasteiger charge is 2.33. The van der Waals surface area contributed by atoms with E-state index >= 15 is 0 Å². The Morgan fingerprint density at radius 1 is 1.32 bits per heavy atom. The maximum Gasteiger partial charge on any atom is 0.257 e. The minimum Gasteiger partial charge on any atom is -0.301 e. The van der Waals surface area contributed by atoms with Crippen molar-refractivity contribution >= 4 is 18.5 Å². The number of allylic oxidation sites excluding steroid dienone is 1. The Morgan fingerprint density at radius 3 is 2.74 bits per heavy atom. The summed E-state index contributed by atoms with van der Waals surface area (Å²) in [6.45, 7) is 0.368. The fourth-order valence-corrected chi connectivity index (χ4v) is 4.89. The number of nitrogens with one attached hydrogen (secondary N) is 1. The molecule has 19 heavy (non-hydrogen) atoms. The van der Waals surface area contributed by atoms with Gasteiger partial charge in [-0.05, 0) is 6.42 Å². The van der Waals surface area contributed by atoms with E-state index in [9.17, 15) is 9.36 Å². The van der Waals surface area contributed by atoms with E-state index in [2.05, 4.69) is 0 Å². The van der Waals surface area contributed by atoms with Gasteiger partial charge in [0.1, 0.15) is 0 Å². The van der Waals surface area contributed by atoms with Crippen molar-refractivity contribution in [3.8, 4) is 0 Å². The summed E-state index contributed by atoms with van der Waals surface area (Å²) in [4.78, 5) is 11.4. The molecule has 0 saturated heterocycles. The molecule has 1 aromatic carbocycles. The predicted molar refractivity (Wildman–Crippen MR) is 73.8 cm³/mol. The monoisotopic (exact) mass is 280 g/mol. The highest BCUT2D eigenvalue weighted by molar-refractivity contribution is 7.69. The third kappa shape index (κ3) is 3.13. The molecule has 6 heteroatoms. The first-order valence-corrected chi connectivity index (χ1v) is 7.99. The molecule has 1 aliphatic rings. The zero-order valence-electron chi connectivity index (χ0n) is 10.5. The molecule has 0 bridgehead atoms. The Labute approximate surface area is 112 Å². The first-order valence-electron chi connectivity index (χ1n) is 6.15. The van der Waals surface area contributed by atoms with Gasteiger partial charge < -0.3 is 4.57 Å². The topological polar surface area (TPSA) is 69.6 Å². The number of carbonyl (C=O) groups excluding carboxylic acids is 1. The predicted octanol–water partition coefficient (Wildman–Crippen LogP) is 1.36. The minimum atomic E-state index is -2.79. The number of carbonyl (C=O) groups is 1. The van der Waals surface area contributed by atoms with Crippen LogP contribution in [-0.2, 0) is 9.36 Å². The Kier molecular flexibility index (Phi) is 4.53. The van der Waals surface area contributed by atoms with Gasteiger partial charge >= 0.3 is 0 Å². The zero-order valence-corrected chi connectivity index (χ0v) is 11.4. The summed E-state index contributed by atoms with van der Waals surface area (Å²) < 4.78 is 14.9. The van der Waals surface area contributed by atoms with Gasteiger partial charge in [0.2, 0.25) is 0 Å². The van der Waals surface area contributed by atoms with Crippen LogP contribution in [0.5, 0.6) is 0 Å². The number of benzene rings is 1. The van der Waals surface area contributed by atoms with Gasteiger partial charge in [0.15, 0.2) is 7.29 Å². The van der Waals surface area contributed by atoms with Crippen LogP contribution in [0, 0.1) is 0 Å². The number of amides is 1. The lowest BCUT2D eigenvalue weighted by Crippen LogP contribution is -2.36. The van der Waals surface area contributed by atoms with E-state index in [0.29, 0.717) is 12.7 Å². The zero-order chi connectivity index (χ0) is 13.7. The van der Waals surface area contributed by atoms with Crippen LogP contribution in [0.25, 0.3) is 0 Å². The molecule has 2 N–H and O–H groups in total. The number of hydrogen-bond acceptors (Lipinski definition) is 3. The van der Waals surface area contributed by atoms with E-state index in [4.69, 9.17) is 5.21 Å². The lowest BCUT2D eigenvalue weighted by Gasteiger charge is -2.29. The number of rotatable bonds is 3. The third-order valence-corrected chi connectivity index (χ3v) is 6.34. The Bertz CT molecular complexity index is 516. The van der Waals surface area contributed by atoms with Crippen LogP contribution < -0.4 is 10.8 Å². The largest absolute Gasteiger partial charge is 0.301 e. The van der Waals surface area contributed by atoms with Crippen LogP contribution >= 0.6 is 7.29 Å². The quantitative estimate of drug-likeness (QED) is 0.379. The average Bonchev–Trinajstić information content (AvgIpc) is 2.63. The first-order chi connectivity index (χ1) is 9.16. The Balaban J connectivity index is 2.33. The van der Waals surface area contributed by atoms with Gasteiger partial charge in [0, 0.05) is 18.0 Å². The van der Waals surface area contributed by atoms with Gasteiger partial charge in [0.05, 0.1) is 6.54 Å². The summed E-state index contributed by atoms with van der Waals surface area (Å²) >= 11 is 0. The summed E-state index contributed by atoms with van der Waals surface area (Å²) in [6, 6.07) is 9.22.